The van der Waals surface area contributed by atoms with Gasteiger partial charge in [0.05, 0.1) is 5.56 Å². The Balaban J connectivity index is 2.83. The van der Waals surface area contributed by atoms with Gasteiger partial charge in [0.2, 0.25) is 0 Å². The SMILES string of the molecule is CCCCCC(=O)c1c(C)cc(C)cc1F. The van der Waals surface area contributed by atoms with Crippen molar-refractivity contribution in [2.24, 2.45) is 0 Å². The van der Waals surface area contributed by atoms with Crippen LogP contribution in [0.25, 0.3) is 0 Å². The van der Waals surface area contributed by atoms with E-state index in [-0.39, 0.29) is 17.2 Å². The standard InChI is InChI=1S/C14H19FO/c1-4-5-6-7-13(16)14-11(3)8-10(2)9-12(14)15/h8-9H,4-7H2,1-3H3. The van der Waals surface area contributed by atoms with E-state index in [1.807, 2.05) is 13.0 Å². The van der Waals surface area contributed by atoms with Gasteiger partial charge in [-0.25, -0.2) is 4.39 Å². The van der Waals surface area contributed by atoms with Crippen molar-refractivity contribution in [3.05, 3.63) is 34.6 Å². The van der Waals surface area contributed by atoms with E-state index in [1.54, 1.807) is 6.92 Å². The quantitative estimate of drug-likeness (QED) is 0.539. The van der Waals surface area contributed by atoms with Crippen LogP contribution >= 0.6 is 0 Å². The Kier molecular flexibility index (Phi) is 4.66. The molecule has 0 unspecified atom stereocenters. The summed E-state index contributed by atoms with van der Waals surface area (Å²) in [6.07, 6.45) is 3.40. The summed E-state index contributed by atoms with van der Waals surface area (Å²) in [5.41, 5.74) is 1.89. The van der Waals surface area contributed by atoms with Crippen LogP contribution in [-0.2, 0) is 0 Å². The van der Waals surface area contributed by atoms with E-state index in [9.17, 15) is 9.18 Å². The van der Waals surface area contributed by atoms with Gasteiger partial charge in [-0.15, -0.1) is 0 Å². The van der Waals surface area contributed by atoms with Crippen LogP contribution in [0, 0.1) is 19.7 Å². The molecule has 0 saturated carbocycles. The molecule has 0 N–H and O–H groups in total. The van der Waals surface area contributed by atoms with E-state index in [4.69, 9.17) is 0 Å². The van der Waals surface area contributed by atoms with E-state index in [0.29, 0.717) is 6.42 Å². The average molecular weight is 222 g/mol. The van der Waals surface area contributed by atoms with Gasteiger partial charge in [-0.3, -0.25) is 4.79 Å². The molecule has 1 rings (SSSR count). The molecule has 0 bridgehead atoms. The Hall–Kier alpha value is -1.18. The molecule has 0 spiro atoms. The summed E-state index contributed by atoms with van der Waals surface area (Å²) >= 11 is 0. The third kappa shape index (κ3) is 3.16. The van der Waals surface area contributed by atoms with Crippen LogP contribution < -0.4 is 0 Å². The summed E-state index contributed by atoms with van der Waals surface area (Å²) in [6, 6.07) is 3.29. The molecule has 1 aromatic rings. The number of hydrogen-bond acceptors (Lipinski definition) is 1. The lowest BCUT2D eigenvalue weighted by molar-refractivity contribution is 0.0975. The fourth-order valence-corrected chi connectivity index (χ4v) is 1.93. The highest BCUT2D eigenvalue weighted by atomic mass is 19.1. The lowest BCUT2D eigenvalue weighted by Gasteiger charge is -2.07. The minimum Gasteiger partial charge on any atom is -0.294 e. The number of hydrogen-bond donors (Lipinski definition) is 0. The monoisotopic (exact) mass is 222 g/mol. The first-order chi connectivity index (χ1) is 7.56. The van der Waals surface area contributed by atoms with Crippen LogP contribution in [-0.4, -0.2) is 5.78 Å². The van der Waals surface area contributed by atoms with Gasteiger partial charge in [0.1, 0.15) is 5.82 Å². The number of rotatable bonds is 5. The van der Waals surface area contributed by atoms with Gasteiger partial charge in [0, 0.05) is 6.42 Å². The molecular weight excluding hydrogens is 203 g/mol. The molecular formula is C14H19FO. The van der Waals surface area contributed by atoms with Crippen molar-refractivity contribution in [1.82, 2.24) is 0 Å². The zero-order valence-electron chi connectivity index (χ0n) is 10.3. The number of Topliss-reactive ketones (excluding diaryl/α,β-unsaturated/α-hetero) is 1. The molecule has 0 fully saturated rings. The first kappa shape index (κ1) is 12.9. The molecule has 1 nitrogen and oxygen atoms in total. The molecule has 0 heterocycles. The lowest BCUT2D eigenvalue weighted by atomic mass is 9.98. The third-order valence-electron chi connectivity index (χ3n) is 2.72. The van der Waals surface area contributed by atoms with Crippen LogP contribution in [0.1, 0.15) is 54.1 Å². The maximum atomic E-state index is 13.7. The average Bonchev–Trinajstić information content (AvgIpc) is 2.16. The Morgan fingerprint density at radius 2 is 1.94 bits per heavy atom. The summed E-state index contributed by atoms with van der Waals surface area (Å²) in [6.45, 7) is 5.72. The van der Waals surface area contributed by atoms with Crippen molar-refractivity contribution in [3.63, 3.8) is 0 Å². The Bertz CT molecular complexity index is 359. The lowest BCUT2D eigenvalue weighted by Crippen LogP contribution is -2.05. The Morgan fingerprint density at radius 3 is 2.50 bits per heavy atom. The number of benzene rings is 1. The van der Waals surface area contributed by atoms with Crippen molar-refractivity contribution in [2.45, 2.75) is 46.5 Å². The van der Waals surface area contributed by atoms with E-state index in [1.165, 1.54) is 6.07 Å². The normalized spacial score (nSPS) is 10.5. The molecule has 1 aromatic carbocycles. The second kappa shape index (κ2) is 5.78. The van der Waals surface area contributed by atoms with Gasteiger partial charge in [-0.1, -0.05) is 25.8 Å². The maximum Gasteiger partial charge on any atom is 0.166 e. The van der Waals surface area contributed by atoms with Crippen LogP contribution in [0.4, 0.5) is 4.39 Å². The fourth-order valence-electron chi connectivity index (χ4n) is 1.93. The molecule has 0 aromatic heterocycles. The summed E-state index contributed by atoms with van der Waals surface area (Å²) in [5.74, 6) is -0.442. The van der Waals surface area contributed by atoms with Crippen LogP contribution in [0.5, 0.6) is 0 Å². The molecule has 0 amide bonds. The predicted molar refractivity (Wildman–Crippen MR) is 64.3 cm³/mol. The Morgan fingerprint density at radius 1 is 1.25 bits per heavy atom. The molecule has 88 valence electrons. The van der Waals surface area contributed by atoms with Gasteiger partial charge in [-0.05, 0) is 37.5 Å². The van der Waals surface area contributed by atoms with E-state index >= 15 is 0 Å². The maximum absolute atomic E-state index is 13.7. The van der Waals surface area contributed by atoms with Gasteiger partial charge in [0.15, 0.2) is 5.78 Å². The van der Waals surface area contributed by atoms with Gasteiger partial charge in [-0.2, -0.15) is 0 Å². The predicted octanol–water partition coefficient (Wildman–Crippen LogP) is 4.21. The molecule has 0 saturated heterocycles. The minimum absolute atomic E-state index is 0.0662. The minimum atomic E-state index is -0.376. The molecule has 2 heteroatoms. The van der Waals surface area contributed by atoms with E-state index < -0.39 is 0 Å². The largest absolute Gasteiger partial charge is 0.294 e. The fraction of sp³-hybridized carbons (Fsp3) is 0.500. The van der Waals surface area contributed by atoms with Crippen molar-refractivity contribution in [2.75, 3.05) is 0 Å². The highest BCUT2D eigenvalue weighted by Crippen LogP contribution is 2.18. The number of carbonyl (C=O) groups excluding carboxylic acids is 1. The number of unbranched alkanes of at least 4 members (excludes halogenated alkanes) is 2. The first-order valence-corrected chi connectivity index (χ1v) is 5.86. The number of halogens is 1. The molecule has 0 aliphatic rings. The molecule has 16 heavy (non-hydrogen) atoms. The zero-order chi connectivity index (χ0) is 12.1. The third-order valence-corrected chi connectivity index (χ3v) is 2.72. The number of ketones is 1. The van der Waals surface area contributed by atoms with Crippen LogP contribution in [0.15, 0.2) is 12.1 Å². The van der Waals surface area contributed by atoms with Gasteiger partial charge < -0.3 is 0 Å². The van der Waals surface area contributed by atoms with Gasteiger partial charge >= 0.3 is 0 Å². The molecule has 0 aliphatic carbocycles. The van der Waals surface area contributed by atoms with Crippen LogP contribution in [0.2, 0.25) is 0 Å². The molecule has 0 aliphatic heterocycles. The van der Waals surface area contributed by atoms with Crippen molar-refractivity contribution in [1.29, 1.82) is 0 Å². The van der Waals surface area contributed by atoms with E-state index in [2.05, 4.69) is 6.92 Å². The first-order valence-electron chi connectivity index (χ1n) is 5.86. The molecule has 0 radical (unpaired) electrons. The summed E-state index contributed by atoms with van der Waals surface area (Å²) in [5, 5.41) is 0. The van der Waals surface area contributed by atoms with E-state index in [0.717, 1.165) is 30.4 Å². The summed E-state index contributed by atoms with van der Waals surface area (Å²) in [7, 11) is 0. The highest BCUT2D eigenvalue weighted by Gasteiger charge is 2.14. The number of aryl methyl sites for hydroxylation is 2. The molecule has 0 atom stereocenters. The summed E-state index contributed by atoms with van der Waals surface area (Å²) in [4.78, 5) is 11.8. The topological polar surface area (TPSA) is 17.1 Å². The van der Waals surface area contributed by atoms with Crippen molar-refractivity contribution in [3.8, 4) is 0 Å². The number of carbonyl (C=O) groups is 1. The second-order valence-corrected chi connectivity index (χ2v) is 4.32. The summed E-state index contributed by atoms with van der Waals surface area (Å²) < 4.78 is 13.7. The highest BCUT2D eigenvalue weighted by molar-refractivity contribution is 5.97. The van der Waals surface area contributed by atoms with Crippen molar-refractivity contribution < 1.29 is 9.18 Å². The smallest absolute Gasteiger partial charge is 0.166 e. The second-order valence-electron chi connectivity index (χ2n) is 4.32. The van der Waals surface area contributed by atoms with Crippen LogP contribution in [0.3, 0.4) is 0 Å². The van der Waals surface area contributed by atoms with Gasteiger partial charge in [0.25, 0.3) is 0 Å². The van der Waals surface area contributed by atoms with Crippen molar-refractivity contribution >= 4 is 5.78 Å². The zero-order valence-corrected chi connectivity index (χ0v) is 10.3. The Labute approximate surface area is 96.7 Å².